The normalized spacial score (nSPS) is 55.1. The fourth-order valence-electron chi connectivity index (χ4n) is 7.83. The first kappa shape index (κ1) is 19.8. The molecule has 0 spiro atoms. The van der Waals surface area contributed by atoms with Gasteiger partial charge in [-0.05, 0) is 84.4 Å². The van der Waals surface area contributed by atoms with E-state index >= 15 is 0 Å². The van der Waals surface area contributed by atoms with Crippen molar-refractivity contribution in [2.75, 3.05) is 0 Å². The van der Waals surface area contributed by atoms with Gasteiger partial charge in [-0.3, -0.25) is 0 Å². The van der Waals surface area contributed by atoms with E-state index in [0.29, 0.717) is 0 Å². The van der Waals surface area contributed by atoms with Crippen molar-refractivity contribution in [1.29, 1.82) is 0 Å². The van der Waals surface area contributed by atoms with Crippen molar-refractivity contribution in [3.05, 3.63) is 0 Å². The van der Waals surface area contributed by atoms with E-state index < -0.39 is 0 Å². The average molecular weight is 347 g/mol. The third-order valence-electron chi connectivity index (χ3n) is 10.00. The summed E-state index contributed by atoms with van der Waals surface area (Å²) in [7, 11) is 0. The first-order valence-corrected chi connectivity index (χ1v) is 11.8. The van der Waals surface area contributed by atoms with E-state index in [1.54, 1.807) is 0 Å². The van der Waals surface area contributed by atoms with Gasteiger partial charge >= 0.3 is 0 Å². The standard InChI is InChI=1S/C25H46/c1-15-10-8-12-22(18(15)4)24-14-17(3)25(21(7)20(24)6)23-13-9-11-16(2)19(23)5/h15-25H,8-14H2,1-7H3. The third-order valence-corrected chi connectivity index (χ3v) is 10.00. The molecule has 3 fully saturated rings. The van der Waals surface area contributed by atoms with Gasteiger partial charge in [0.05, 0.1) is 0 Å². The Kier molecular flexibility index (Phi) is 6.27. The van der Waals surface area contributed by atoms with Crippen LogP contribution in [0.1, 0.15) is 93.4 Å². The largest absolute Gasteiger partial charge is 0.0622 e. The summed E-state index contributed by atoms with van der Waals surface area (Å²) in [6.07, 6.45) is 10.5. The van der Waals surface area contributed by atoms with Crippen LogP contribution in [0.15, 0.2) is 0 Å². The minimum absolute atomic E-state index is 0.927. The first-order valence-electron chi connectivity index (χ1n) is 11.8. The van der Waals surface area contributed by atoms with Gasteiger partial charge in [0, 0.05) is 0 Å². The second kappa shape index (κ2) is 7.93. The Morgan fingerprint density at radius 1 is 0.440 bits per heavy atom. The first-order chi connectivity index (χ1) is 11.8. The van der Waals surface area contributed by atoms with Crippen LogP contribution in [0.5, 0.6) is 0 Å². The number of rotatable bonds is 2. The Morgan fingerprint density at radius 3 is 1.56 bits per heavy atom. The summed E-state index contributed by atoms with van der Waals surface area (Å²) in [5.41, 5.74) is 0. The van der Waals surface area contributed by atoms with E-state index in [1.165, 1.54) is 44.9 Å². The minimum atomic E-state index is 0.927. The van der Waals surface area contributed by atoms with Crippen molar-refractivity contribution in [1.82, 2.24) is 0 Å². The van der Waals surface area contributed by atoms with Crippen LogP contribution >= 0.6 is 0 Å². The molecule has 0 aliphatic heterocycles. The van der Waals surface area contributed by atoms with E-state index in [-0.39, 0.29) is 0 Å². The van der Waals surface area contributed by atoms with Crippen LogP contribution in [0, 0.1) is 65.1 Å². The molecule has 3 aliphatic rings. The zero-order chi connectivity index (χ0) is 18.3. The van der Waals surface area contributed by atoms with Gasteiger partial charge in [-0.15, -0.1) is 0 Å². The van der Waals surface area contributed by atoms with Crippen molar-refractivity contribution in [3.8, 4) is 0 Å². The summed E-state index contributed by atoms with van der Waals surface area (Å²) in [5, 5.41) is 0. The molecule has 3 saturated carbocycles. The van der Waals surface area contributed by atoms with Crippen LogP contribution in [-0.2, 0) is 0 Å². The van der Waals surface area contributed by atoms with Gasteiger partial charge < -0.3 is 0 Å². The second-order valence-electron chi connectivity index (χ2n) is 11.0. The monoisotopic (exact) mass is 346 g/mol. The van der Waals surface area contributed by atoms with Crippen LogP contribution in [0.4, 0.5) is 0 Å². The van der Waals surface area contributed by atoms with Gasteiger partial charge in [0.2, 0.25) is 0 Å². The number of hydrogen-bond acceptors (Lipinski definition) is 0. The van der Waals surface area contributed by atoms with Crippen LogP contribution in [0.2, 0.25) is 0 Å². The van der Waals surface area contributed by atoms with E-state index in [1.807, 2.05) is 0 Å². The lowest BCUT2D eigenvalue weighted by atomic mass is 9.51. The van der Waals surface area contributed by atoms with Crippen molar-refractivity contribution in [3.63, 3.8) is 0 Å². The van der Waals surface area contributed by atoms with Crippen molar-refractivity contribution >= 4 is 0 Å². The number of hydrogen-bond donors (Lipinski definition) is 0. The van der Waals surface area contributed by atoms with Gasteiger partial charge in [-0.25, -0.2) is 0 Å². The Bertz CT molecular complexity index is 426. The topological polar surface area (TPSA) is 0 Å². The molecule has 0 aromatic rings. The maximum absolute atomic E-state index is 2.64. The SMILES string of the molecule is CC1CCCC(C2CC(C)C(C3CCCC(C)C3C)C(C)C2C)C1C. The summed E-state index contributed by atoms with van der Waals surface area (Å²) >= 11 is 0. The van der Waals surface area contributed by atoms with Crippen molar-refractivity contribution < 1.29 is 0 Å². The molecule has 0 bridgehead atoms. The highest BCUT2D eigenvalue weighted by molar-refractivity contribution is 4.96. The van der Waals surface area contributed by atoms with Crippen molar-refractivity contribution in [2.45, 2.75) is 93.4 Å². The molecular weight excluding hydrogens is 300 g/mol. The summed E-state index contributed by atoms with van der Waals surface area (Å²) in [5.74, 6) is 10.6. The van der Waals surface area contributed by atoms with Crippen LogP contribution in [0.3, 0.4) is 0 Å². The summed E-state index contributed by atoms with van der Waals surface area (Å²) < 4.78 is 0. The molecule has 0 heteroatoms. The Morgan fingerprint density at radius 2 is 0.960 bits per heavy atom. The molecular formula is C25H46. The highest BCUT2D eigenvalue weighted by Gasteiger charge is 2.47. The van der Waals surface area contributed by atoms with Gasteiger partial charge in [-0.2, -0.15) is 0 Å². The quantitative estimate of drug-likeness (QED) is 0.481. The molecule has 3 rings (SSSR count). The maximum Gasteiger partial charge on any atom is -0.0329 e. The van der Waals surface area contributed by atoms with Gasteiger partial charge in [0.1, 0.15) is 0 Å². The fourth-order valence-corrected chi connectivity index (χ4v) is 7.83. The minimum Gasteiger partial charge on any atom is -0.0622 e. The van der Waals surface area contributed by atoms with E-state index in [2.05, 4.69) is 48.5 Å². The average Bonchev–Trinajstić information content (AvgIpc) is 2.57. The molecule has 0 aromatic heterocycles. The molecule has 0 radical (unpaired) electrons. The zero-order valence-electron chi connectivity index (χ0n) is 18.3. The van der Waals surface area contributed by atoms with Gasteiger partial charge in [-0.1, -0.05) is 74.1 Å². The molecule has 0 nitrogen and oxygen atoms in total. The Hall–Kier alpha value is 0. The summed E-state index contributed by atoms with van der Waals surface area (Å²) in [6, 6.07) is 0. The molecule has 11 unspecified atom stereocenters. The van der Waals surface area contributed by atoms with Gasteiger partial charge in [0.25, 0.3) is 0 Å². The fraction of sp³-hybridized carbons (Fsp3) is 1.00. The molecule has 146 valence electrons. The molecule has 0 N–H and O–H groups in total. The second-order valence-corrected chi connectivity index (χ2v) is 11.0. The molecule has 0 amide bonds. The lowest BCUT2D eigenvalue weighted by Crippen LogP contribution is -2.47. The predicted molar refractivity (Wildman–Crippen MR) is 110 cm³/mol. The van der Waals surface area contributed by atoms with Crippen LogP contribution < -0.4 is 0 Å². The van der Waals surface area contributed by atoms with Gasteiger partial charge in [0.15, 0.2) is 0 Å². The lowest BCUT2D eigenvalue weighted by molar-refractivity contribution is -0.0496. The zero-order valence-corrected chi connectivity index (χ0v) is 18.3. The highest BCUT2D eigenvalue weighted by Crippen LogP contribution is 2.55. The Labute approximate surface area is 158 Å². The lowest BCUT2D eigenvalue weighted by Gasteiger charge is -2.54. The van der Waals surface area contributed by atoms with Crippen LogP contribution in [-0.4, -0.2) is 0 Å². The molecule has 11 atom stereocenters. The van der Waals surface area contributed by atoms with Crippen LogP contribution in [0.25, 0.3) is 0 Å². The smallest absolute Gasteiger partial charge is 0.0329 e. The van der Waals surface area contributed by atoms with E-state index in [4.69, 9.17) is 0 Å². The van der Waals surface area contributed by atoms with E-state index in [0.717, 1.165) is 65.1 Å². The molecule has 3 aliphatic carbocycles. The molecule has 0 heterocycles. The molecule has 0 saturated heterocycles. The molecule has 25 heavy (non-hydrogen) atoms. The predicted octanol–water partition coefficient (Wildman–Crippen LogP) is 7.68. The summed E-state index contributed by atoms with van der Waals surface area (Å²) in [6.45, 7) is 18.1. The maximum atomic E-state index is 2.64. The molecule has 0 aromatic carbocycles. The van der Waals surface area contributed by atoms with Crippen molar-refractivity contribution in [2.24, 2.45) is 65.1 Å². The van der Waals surface area contributed by atoms with E-state index in [9.17, 15) is 0 Å². The summed E-state index contributed by atoms with van der Waals surface area (Å²) in [4.78, 5) is 0. The third kappa shape index (κ3) is 3.70. The Balaban J connectivity index is 1.75. The highest BCUT2D eigenvalue weighted by atomic mass is 14.5.